The fourth-order valence-electron chi connectivity index (χ4n) is 7.44. The lowest BCUT2D eigenvalue weighted by Gasteiger charge is -2.29. The van der Waals surface area contributed by atoms with Gasteiger partial charge in [-0.15, -0.1) is 0 Å². The van der Waals surface area contributed by atoms with E-state index in [2.05, 4.69) is 72.6 Å². The van der Waals surface area contributed by atoms with Crippen LogP contribution in [0.1, 0.15) is 88.2 Å². The standard InChI is InChI=1S/C41H52N8O6/c1-25(2)35(43-24-55-54-6)39(50)48-20-8-12-33(48)37-42-23-32(46-37)29-17-14-27(15-18-29)10-7-11-28-16-19-30-31(22-28)45-38(44-30)34-13-9-21-49(34)40(51)36(26(3)4)47-41(52)53-5/h7,11,14-19,22-26,33-36H,8-10,12-13,20-21H2,1-6H3,(H,42,46)(H,44,45)(H,47,52)/b11-7+,43-24?/t33?,34-,35-,36-/m0/s1. The van der Waals surface area contributed by atoms with Gasteiger partial charge in [-0.3, -0.25) is 9.59 Å². The summed E-state index contributed by atoms with van der Waals surface area (Å²) in [6.45, 7) is 9.00. The normalized spacial score (nSPS) is 18.6. The van der Waals surface area contributed by atoms with Gasteiger partial charge < -0.3 is 34.7 Å². The number of nitrogens with one attached hydrogen (secondary N) is 3. The van der Waals surface area contributed by atoms with E-state index in [4.69, 9.17) is 14.6 Å². The second-order valence-corrected chi connectivity index (χ2v) is 14.8. The van der Waals surface area contributed by atoms with E-state index < -0.39 is 18.2 Å². The number of benzene rings is 2. The number of aliphatic imine (C=N–C) groups is 1. The lowest BCUT2D eigenvalue weighted by atomic mass is 10.0. The summed E-state index contributed by atoms with van der Waals surface area (Å²) >= 11 is 0. The first-order chi connectivity index (χ1) is 26.6. The van der Waals surface area contributed by atoms with E-state index in [9.17, 15) is 14.4 Å². The van der Waals surface area contributed by atoms with Crippen molar-refractivity contribution in [1.82, 2.24) is 35.1 Å². The molecule has 4 atom stereocenters. The summed E-state index contributed by atoms with van der Waals surface area (Å²) in [5.41, 5.74) is 5.88. The number of H-pyrrole nitrogens is 2. The molecule has 4 heterocycles. The van der Waals surface area contributed by atoms with Crippen LogP contribution in [-0.2, 0) is 30.5 Å². The van der Waals surface area contributed by atoms with Crippen LogP contribution in [0.25, 0.3) is 28.4 Å². The third-order valence-electron chi connectivity index (χ3n) is 10.4. The van der Waals surface area contributed by atoms with Gasteiger partial charge in [0.15, 0.2) is 0 Å². The summed E-state index contributed by atoms with van der Waals surface area (Å²) < 4.78 is 4.76. The van der Waals surface area contributed by atoms with Gasteiger partial charge in [0.1, 0.15) is 23.7 Å². The number of alkyl carbamates (subject to hydrolysis) is 1. The van der Waals surface area contributed by atoms with Gasteiger partial charge in [-0.2, -0.15) is 4.89 Å². The zero-order valence-electron chi connectivity index (χ0n) is 32.5. The molecule has 14 nitrogen and oxygen atoms in total. The molecule has 2 aliphatic rings. The Balaban J connectivity index is 1.07. The number of fused-ring (bicyclic) bond motifs is 1. The average Bonchev–Trinajstić information content (AvgIpc) is 4.01. The Labute approximate surface area is 321 Å². The predicted octanol–water partition coefficient (Wildman–Crippen LogP) is 6.55. The Bertz CT molecular complexity index is 2000. The van der Waals surface area contributed by atoms with Crippen LogP contribution < -0.4 is 5.32 Å². The summed E-state index contributed by atoms with van der Waals surface area (Å²) in [6, 6.07) is 12.9. The Morgan fingerprint density at radius 3 is 2.31 bits per heavy atom. The van der Waals surface area contributed by atoms with Gasteiger partial charge in [0.25, 0.3) is 0 Å². The Morgan fingerprint density at radius 2 is 1.64 bits per heavy atom. The van der Waals surface area contributed by atoms with Crippen LogP contribution in [0.2, 0.25) is 0 Å². The number of carbonyl (C=O) groups excluding carboxylic acids is 3. The maximum atomic E-state index is 13.5. The number of nitrogens with zero attached hydrogens (tertiary/aromatic N) is 5. The van der Waals surface area contributed by atoms with Crippen LogP contribution in [0.4, 0.5) is 4.79 Å². The molecule has 2 aromatic heterocycles. The molecular weight excluding hydrogens is 701 g/mol. The van der Waals surface area contributed by atoms with Crippen molar-refractivity contribution in [2.75, 3.05) is 27.3 Å². The van der Waals surface area contributed by atoms with E-state index in [1.165, 1.54) is 26.2 Å². The number of ether oxygens (including phenoxy) is 1. The zero-order valence-corrected chi connectivity index (χ0v) is 32.5. The summed E-state index contributed by atoms with van der Waals surface area (Å²) in [5.74, 6) is 1.25. The number of methoxy groups -OCH3 is 1. The van der Waals surface area contributed by atoms with Gasteiger partial charge in [0, 0.05) is 13.1 Å². The van der Waals surface area contributed by atoms with Crippen LogP contribution in [-0.4, -0.2) is 93.4 Å². The first-order valence-corrected chi connectivity index (χ1v) is 19.0. The summed E-state index contributed by atoms with van der Waals surface area (Å²) in [6.07, 6.45) is 10.8. The van der Waals surface area contributed by atoms with E-state index in [0.29, 0.717) is 13.1 Å². The minimum absolute atomic E-state index is 0.00385. The number of imidazole rings is 2. The monoisotopic (exact) mass is 752 g/mol. The molecule has 1 unspecified atom stereocenters. The number of carbonyl (C=O) groups is 3. The molecule has 55 heavy (non-hydrogen) atoms. The van der Waals surface area contributed by atoms with Gasteiger partial charge in [0.05, 0.1) is 49.2 Å². The minimum atomic E-state index is -0.678. The number of likely N-dealkylation sites (tertiary alicyclic amines) is 2. The van der Waals surface area contributed by atoms with Gasteiger partial charge >= 0.3 is 6.09 Å². The van der Waals surface area contributed by atoms with Gasteiger partial charge in [-0.05, 0) is 72.8 Å². The fourth-order valence-corrected chi connectivity index (χ4v) is 7.44. The van der Waals surface area contributed by atoms with Crippen molar-refractivity contribution in [3.63, 3.8) is 0 Å². The lowest BCUT2D eigenvalue weighted by Crippen LogP contribution is -2.51. The van der Waals surface area contributed by atoms with Crippen LogP contribution in [0, 0.1) is 11.8 Å². The van der Waals surface area contributed by atoms with Crippen LogP contribution >= 0.6 is 0 Å². The third kappa shape index (κ3) is 9.07. The molecule has 292 valence electrons. The smallest absolute Gasteiger partial charge is 0.407 e. The van der Waals surface area contributed by atoms with Crippen molar-refractivity contribution in [1.29, 1.82) is 0 Å². The molecule has 0 spiro atoms. The highest BCUT2D eigenvalue weighted by Crippen LogP contribution is 2.34. The number of aromatic nitrogens is 4. The van der Waals surface area contributed by atoms with E-state index in [1.54, 1.807) is 0 Å². The molecule has 0 radical (unpaired) electrons. The molecule has 3 N–H and O–H groups in total. The lowest BCUT2D eigenvalue weighted by molar-refractivity contribution is -0.188. The van der Waals surface area contributed by atoms with Crippen molar-refractivity contribution in [3.05, 3.63) is 77.5 Å². The third-order valence-corrected chi connectivity index (χ3v) is 10.4. The molecule has 3 amide bonds. The second kappa shape index (κ2) is 17.8. The van der Waals surface area contributed by atoms with Crippen LogP contribution in [0.5, 0.6) is 0 Å². The molecule has 2 fully saturated rings. The molecule has 0 bridgehead atoms. The van der Waals surface area contributed by atoms with Crippen molar-refractivity contribution >= 4 is 41.4 Å². The number of aromatic amines is 2. The molecule has 0 aliphatic carbocycles. The van der Waals surface area contributed by atoms with Crippen LogP contribution in [0.15, 0.2) is 59.7 Å². The largest absolute Gasteiger partial charge is 0.453 e. The van der Waals surface area contributed by atoms with E-state index >= 15 is 0 Å². The highest BCUT2D eigenvalue weighted by atomic mass is 17.2. The number of rotatable bonds is 14. The highest BCUT2D eigenvalue weighted by molar-refractivity contribution is 5.87. The zero-order chi connectivity index (χ0) is 39.1. The second-order valence-electron chi connectivity index (χ2n) is 14.8. The molecule has 2 aliphatic heterocycles. The fraction of sp³-hybridized carbons (Fsp3) is 0.463. The predicted molar refractivity (Wildman–Crippen MR) is 210 cm³/mol. The van der Waals surface area contributed by atoms with E-state index in [0.717, 1.165) is 71.6 Å². The molecule has 0 saturated carbocycles. The van der Waals surface area contributed by atoms with Crippen molar-refractivity contribution in [2.24, 2.45) is 16.8 Å². The maximum Gasteiger partial charge on any atom is 0.407 e. The van der Waals surface area contributed by atoms with E-state index in [-0.39, 0.29) is 35.7 Å². The number of allylic oxidation sites excluding steroid dienone is 1. The summed E-state index contributed by atoms with van der Waals surface area (Å²) in [4.78, 5) is 72.9. The molecular formula is C41H52N8O6. The summed E-state index contributed by atoms with van der Waals surface area (Å²) in [5, 5.41) is 2.70. The molecule has 2 aromatic carbocycles. The quantitative estimate of drug-likeness (QED) is 0.0565. The minimum Gasteiger partial charge on any atom is -0.453 e. The van der Waals surface area contributed by atoms with E-state index in [1.807, 2.05) is 55.8 Å². The molecule has 14 heteroatoms. The Morgan fingerprint density at radius 1 is 0.927 bits per heavy atom. The number of hydrogen-bond donors (Lipinski definition) is 3. The maximum absolute atomic E-state index is 13.5. The van der Waals surface area contributed by atoms with Crippen molar-refractivity contribution in [3.8, 4) is 11.3 Å². The van der Waals surface area contributed by atoms with Crippen LogP contribution in [0.3, 0.4) is 0 Å². The number of amides is 3. The highest BCUT2D eigenvalue weighted by Gasteiger charge is 2.38. The van der Waals surface area contributed by atoms with Crippen molar-refractivity contribution < 1.29 is 28.9 Å². The Hall–Kier alpha value is -5.50. The Kier molecular flexibility index (Phi) is 12.7. The number of hydrogen-bond acceptors (Lipinski definition) is 9. The van der Waals surface area contributed by atoms with Gasteiger partial charge in [-0.1, -0.05) is 70.2 Å². The topological polar surface area (TPSA) is 167 Å². The first kappa shape index (κ1) is 39.2. The van der Waals surface area contributed by atoms with Gasteiger partial charge in [-0.25, -0.2) is 19.8 Å². The molecule has 6 rings (SSSR count). The van der Waals surface area contributed by atoms with Crippen molar-refractivity contribution in [2.45, 2.75) is 84.0 Å². The average molecular weight is 753 g/mol. The summed E-state index contributed by atoms with van der Waals surface area (Å²) in [7, 11) is 2.69. The first-order valence-electron chi connectivity index (χ1n) is 19.0. The van der Waals surface area contributed by atoms with Gasteiger partial charge in [0.2, 0.25) is 18.2 Å². The molecule has 4 aromatic rings. The molecule has 2 saturated heterocycles. The SMILES string of the molecule is COOC=N[C@H](C(=O)N1CCCC1c1ncc(-c2ccc(C/C=C/c3ccc4nc([C@@H]5CCCN5C(=O)[C@@H](NC(=O)OC)C(C)C)[nH]c4c3)cc2)[nH]1)C(C)C.